The van der Waals surface area contributed by atoms with Crippen LogP contribution in [0.2, 0.25) is 5.02 Å². The lowest BCUT2D eigenvalue weighted by Gasteiger charge is -1.86. The van der Waals surface area contributed by atoms with E-state index >= 15 is 0 Å². The van der Waals surface area contributed by atoms with Crippen LogP contribution in [-0.2, 0) is 0 Å². The Bertz CT molecular complexity index is 1050. The first kappa shape index (κ1) is 16.5. The van der Waals surface area contributed by atoms with Gasteiger partial charge in [-0.15, -0.1) is 0 Å². The zero-order valence-corrected chi connectivity index (χ0v) is 13.3. The molecule has 0 atom stereocenters. The molecule has 0 spiro atoms. The van der Waals surface area contributed by atoms with Crippen molar-refractivity contribution >= 4 is 45.6 Å². The zero-order valence-electron chi connectivity index (χ0n) is 12.5. The second-order valence-corrected chi connectivity index (χ2v) is 5.33. The van der Waals surface area contributed by atoms with E-state index in [2.05, 4.69) is 19.9 Å². The predicted octanol–water partition coefficient (Wildman–Crippen LogP) is 3.18. The Hall–Kier alpha value is -3.39. The number of rotatable bonds is 2. The van der Waals surface area contributed by atoms with Gasteiger partial charge in [0.05, 0.1) is 5.02 Å². The van der Waals surface area contributed by atoms with Crippen LogP contribution in [0.4, 0.5) is 0 Å². The van der Waals surface area contributed by atoms with Crippen molar-refractivity contribution in [2.24, 2.45) is 0 Å². The van der Waals surface area contributed by atoms with Crippen molar-refractivity contribution in [2.45, 2.75) is 0 Å². The summed E-state index contributed by atoms with van der Waals surface area (Å²) >= 11 is 5.80. The van der Waals surface area contributed by atoms with Gasteiger partial charge in [-0.3, -0.25) is 0 Å². The van der Waals surface area contributed by atoms with Crippen LogP contribution in [0.15, 0.2) is 42.7 Å². The van der Waals surface area contributed by atoms with Crippen molar-refractivity contribution in [3.05, 3.63) is 59.1 Å². The van der Waals surface area contributed by atoms with Crippen LogP contribution < -0.4 is 0 Å². The van der Waals surface area contributed by atoms with Crippen molar-refractivity contribution in [2.75, 3.05) is 0 Å². The summed E-state index contributed by atoms with van der Waals surface area (Å²) in [6, 6.07) is 8.55. The Morgan fingerprint density at radius 1 is 0.960 bits per heavy atom. The van der Waals surface area contributed by atoms with Gasteiger partial charge in [-0.1, -0.05) is 11.6 Å². The molecule has 9 heteroatoms. The molecule has 4 aromatic heterocycles. The zero-order chi connectivity index (χ0) is 18.0. The molecule has 0 saturated carbocycles. The molecular formula is C16H11ClN4O4. The van der Waals surface area contributed by atoms with Crippen LogP contribution in [-0.4, -0.2) is 42.1 Å². The third-order valence-corrected chi connectivity index (χ3v) is 3.74. The van der Waals surface area contributed by atoms with Crippen molar-refractivity contribution < 1.29 is 19.8 Å². The SMILES string of the molecule is O=C(O)c1[nH]c2ncccc2c1Cl.O=C(O)c1cc2cccnc2[nH]1. The van der Waals surface area contributed by atoms with Crippen molar-refractivity contribution in [1.29, 1.82) is 0 Å². The van der Waals surface area contributed by atoms with Gasteiger partial charge in [-0.25, -0.2) is 19.6 Å². The minimum atomic E-state index is -1.08. The molecular weight excluding hydrogens is 348 g/mol. The Balaban J connectivity index is 0.000000146. The molecule has 0 aliphatic heterocycles. The number of aromatic amines is 2. The summed E-state index contributed by atoms with van der Waals surface area (Å²) in [5, 5.41) is 19.0. The van der Waals surface area contributed by atoms with Crippen molar-refractivity contribution in [3.63, 3.8) is 0 Å². The van der Waals surface area contributed by atoms with Gasteiger partial charge in [-0.05, 0) is 30.3 Å². The number of pyridine rings is 2. The van der Waals surface area contributed by atoms with Crippen LogP contribution >= 0.6 is 11.6 Å². The normalized spacial score (nSPS) is 10.4. The van der Waals surface area contributed by atoms with E-state index in [-0.39, 0.29) is 16.4 Å². The first-order valence-electron chi connectivity index (χ1n) is 7.00. The fourth-order valence-electron chi connectivity index (χ4n) is 2.21. The highest BCUT2D eigenvalue weighted by molar-refractivity contribution is 6.38. The van der Waals surface area contributed by atoms with Gasteiger partial charge < -0.3 is 20.2 Å². The molecule has 0 aliphatic rings. The minimum absolute atomic E-state index is 0.0182. The summed E-state index contributed by atoms with van der Waals surface area (Å²) in [7, 11) is 0. The van der Waals surface area contributed by atoms with E-state index in [0.717, 1.165) is 5.39 Å². The van der Waals surface area contributed by atoms with Gasteiger partial charge in [0.25, 0.3) is 0 Å². The molecule has 4 N–H and O–H groups in total. The largest absolute Gasteiger partial charge is 0.477 e. The molecule has 25 heavy (non-hydrogen) atoms. The van der Waals surface area contributed by atoms with E-state index in [9.17, 15) is 9.59 Å². The maximum absolute atomic E-state index is 10.6. The molecule has 0 radical (unpaired) electrons. The summed E-state index contributed by atoms with van der Waals surface area (Å²) in [6.45, 7) is 0. The second-order valence-electron chi connectivity index (χ2n) is 4.95. The fraction of sp³-hybridized carbons (Fsp3) is 0. The van der Waals surface area contributed by atoms with Crippen molar-refractivity contribution in [1.82, 2.24) is 19.9 Å². The molecule has 0 aliphatic carbocycles. The molecule has 4 aromatic rings. The monoisotopic (exact) mass is 358 g/mol. The number of hydrogen-bond acceptors (Lipinski definition) is 4. The molecule has 4 rings (SSSR count). The minimum Gasteiger partial charge on any atom is -0.477 e. The van der Waals surface area contributed by atoms with Gasteiger partial charge in [0.1, 0.15) is 22.7 Å². The number of H-pyrrole nitrogens is 2. The first-order valence-corrected chi connectivity index (χ1v) is 7.37. The number of aromatic carboxylic acids is 2. The molecule has 8 nitrogen and oxygen atoms in total. The highest BCUT2D eigenvalue weighted by atomic mass is 35.5. The predicted molar refractivity (Wildman–Crippen MR) is 91.1 cm³/mol. The molecule has 0 saturated heterocycles. The van der Waals surface area contributed by atoms with Gasteiger partial charge in [0, 0.05) is 23.2 Å². The van der Waals surface area contributed by atoms with Gasteiger partial charge in [-0.2, -0.15) is 0 Å². The molecule has 0 bridgehead atoms. The number of hydrogen-bond donors (Lipinski definition) is 4. The van der Waals surface area contributed by atoms with Gasteiger partial charge >= 0.3 is 11.9 Å². The average Bonchev–Trinajstić information content (AvgIpc) is 3.17. The van der Waals surface area contributed by atoms with E-state index < -0.39 is 11.9 Å². The van der Waals surface area contributed by atoms with E-state index in [0.29, 0.717) is 16.7 Å². The highest BCUT2D eigenvalue weighted by Crippen LogP contribution is 2.25. The second kappa shape index (κ2) is 6.62. The lowest BCUT2D eigenvalue weighted by Crippen LogP contribution is -1.96. The van der Waals surface area contributed by atoms with Gasteiger partial charge in [0.15, 0.2) is 0 Å². The molecule has 4 heterocycles. The molecule has 0 aromatic carbocycles. The Morgan fingerprint density at radius 2 is 1.64 bits per heavy atom. The van der Waals surface area contributed by atoms with E-state index in [1.54, 1.807) is 36.7 Å². The lowest BCUT2D eigenvalue weighted by atomic mass is 10.3. The maximum Gasteiger partial charge on any atom is 0.353 e. The third-order valence-electron chi connectivity index (χ3n) is 3.34. The summed E-state index contributed by atoms with van der Waals surface area (Å²) in [5.74, 6) is -2.05. The quantitative estimate of drug-likeness (QED) is 0.435. The first-order chi connectivity index (χ1) is 12.0. The number of carboxylic acids is 2. The van der Waals surface area contributed by atoms with E-state index in [1.165, 1.54) is 0 Å². The van der Waals surface area contributed by atoms with Gasteiger partial charge in [0.2, 0.25) is 0 Å². The number of nitrogens with one attached hydrogen (secondary N) is 2. The average molecular weight is 359 g/mol. The Morgan fingerprint density at radius 3 is 2.24 bits per heavy atom. The van der Waals surface area contributed by atoms with Crippen LogP contribution in [0.25, 0.3) is 22.1 Å². The van der Waals surface area contributed by atoms with E-state index in [1.807, 2.05) is 6.07 Å². The standard InChI is InChI=1S/C8H5ClN2O2.C8H6N2O2/c9-5-4-2-1-3-10-7(4)11-6(5)8(12)13;11-8(12)6-4-5-2-1-3-9-7(5)10-6/h1-3H,(H,10,11)(H,12,13);1-4H,(H,9,10)(H,11,12). The number of aromatic nitrogens is 4. The molecule has 126 valence electrons. The Kier molecular flexibility index (Phi) is 4.36. The highest BCUT2D eigenvalue weighted by Gasteiger charge is 2.15. The summed E-state index contributed by atoms with van der Waals surface area (Å²) in [4.78, 5) is 34.4. The third kappa shape index (κ3) is 3.29. The fourth-order valence-corrected chi connectivity index (χ4v) is 2.49. The Labute approximate surface area is 145 Å². The summed E-state index contributed by atoms with van der Waals surface area (Å²) in [5.41, 5.74) is 1.25. The number of fused-ring (bicyclic) bond motifs is 2. The van der Waals surface area contributed by atoms with Crippen LogP contribution in [0.5, 0.6) is 0 Å². The summed E-state index contributed by atoms with van der Waals surface area (Å²) < 4.78 is 0. The topological polar surface area (TPSA) is 132 Å². The molecule has 0 unspecified atom stereocenters. The van der Waals surface area contributed by atoms with E-state index in [4.69, 9.17) is 21.8 Å². The van der Waals surface area contributed by atoms with Crippen LogP contribution in [0.3, 0.4) is 0 Å². The number of carboxylic acid groups (broad SMARTS) is 2. The smallest absolute Gasteiger partial charge is 0.353 e. The van der Waals surface area contributed by atoms with Crippen LogP contribution in [0.1, 0.15) is 21.0 Å². The number of carbonyl (C=O) groups is 2. The lowest BCUT2D eigenvalue weighted by molar-refractivity contribution is 0.0681. The number of nitrogens with zero attached hydrogens (tertiary/aromatic N) is 2. The van der Waals surface area contributed by atoms with Crippen LogP contribution in [0, 0.1) is 0 Å². The number of halogens is 1. The van der Waals surface area contributed by atoms with Crippen molar-refractivity contribution in [3.8, 4) is 0 Å². The molecule has 0 fully saturated rings. The maximum atomic E-state index is 10.6. The summed E-state index contributed by atoms with van der Waals surface area (Å²) in [6.07, 6.45) is 3.19. The molecule has 0 amide bonds.